The molecule has 2 aliphatic heterocycles. The van der Waals surface area contributed by atoms with Crippen LogP contribution in [0.2, 0.25) is 0 Å². The zero-order chi connectivity index (χ0) is 25.0. The minimum Gasteiger partial charge on any atom is -0.469 e. The van der Waals surface area contributed by atoms with Gasteiger partial charge in [-0.15, -0.1) is 0 Å². The first-order chi connectivity index (χ1) is 16.0. The molecular formula is C25H33N3O6. The van der Waals surface area contributed by atoms with E-state index in [2.05, 4.69) is 4.74 Å². The maximum atomic E-state index is 13.1. The van der Waals surface area contributed by atoms with Crippen molar-refractivity contribution in [2.24, 2.45) is 11.7 Å². The fraction of sp³-hybridized carbons (Fsp3) is 0.520. The van der Waals surface area contributed by atoms with Gasteiger partial charge >= 0.3 is 12.1 Å². The molecule has 0 bridgehead atoms. The van der Waals surface area contributed by atoms with Crippen LogP contribution < -0.4 is 5.73 Å². The van der Waals surface area contributed by atoms with E-state index in [1.807, 2.05) is 45.0 Å². The van der Waals surface area contributed by atoms with Crippen LogP contribution in [0.4, 0.5) is 4.79 Å². The number of esters is 1. The van der Waals surface area contributed by atoms with Crippen molar-refractivity contribution in [1.82, 2.24) is 9.80 Å². The average Bonchev–Trinajstić information content (AvgIpc) is 3.09. The van der Waals surface area contributed by atoms with E-state index in [1.54, 1.807) is 9.80 Å². The van der Waals surface area contributed by atoms with Crippen LogP contribution in [0.1, 0.15) is 61.5 Å². The highest BCUT2D eigenvalue weighted by Crippen LogP contribution is 2.30. The molecule has 184 valence electrons. The largest absolute Gasteiger partial charge is 0.469 e. The summed E-state index contributed by atoms with van der Waals surface area (Å²) in [5.74, 6) is -1.75. The highest BCUT2D eigenvalue weighted by Gasteiger charge is 2.32. The van der Waals surface area contributed by atoms with E-state index in [1.165, 1.54) is 7.11 Å². The van der Waals surface area contributed by atoms with Crippen LogP contribution >= 0.6 is 0 Å². The number of amides is 3. The molecule has 0 saturated carbocycles. The summed E-state index contributed by atoms with van der Waals surface area (Å²) in [6, 6.07) is 5.78. The molecule has 9 heteroatoms. The fourth-order valence-corrected chi connectivity index (χ4v) is 4.12. The number of rotatable bonds is 7. The first-order valence-corrected chi connectivity index (χ1v) is 11.4. The Morgan fingerprint density at radius 1 is 1.21 bits per heavy atom. The lowest BCUT2D eigenvalue weighted by molar-refractivity contribution is -0.141. The molecule has 2 heterocycles. The van der Waals surface area contributed by atoms with Gasteiger partial charge in [-0.3, -0.25) is 14.4 Å². The van der Waals surface area contributed by atoms with Crippen molar-refractivity contribution in [1.29, 1.82) is 0 Å². The van der Waals surface area contributed by atoms with Gasteiger partial charge in [0, 0.05) is 38.2 Å². The van der Waals surface area contributed by atoms with E-state index in [-0.39, 0.29) is 31.4 Å². The Kier molecular flexibility index (Phi) is 7.64. The number of methoxy groups -OCH3 is 1. The summed E-state index contributed by atoms with van der Waals surface area (Å²) in [6.07, 6.45) is 2.61. The van der Waals surface area contributed by atoms with Crippen molar-refractivity contribution in [2.45, 2.75) is 52.2 Å². The maximum absolute atomic E-state index is 13.1. The smallest absolute Gasteiger partial charge is 0.410 e. The van der Waals surface area contributed by atoms with E-state index in [0.717, 1.165) is 16.7 Å². The molecule has 0 unspecified atom stereocenters. The van der Waals surface area contributed by atoms with Gasteiger partial charge < -0.3 is 25.0 Å². The van der Waals surface area contributed by atoms with Gasteiger partial charge in [0.2, 0.25) is 5.91 Å². The molecule has 3 rings (SSSR count). The molecule has 0 spiro atoms. The predicted octanol–water partition coefficient (Wildman–Crippen LogP) is 2.72. The molecule has 3 amide bonds. The Morgan fingerprint density at radius 3 is 2.53 bits per heavy atom. The van der Waals surface area contributed by atoms with E-state index < -0.39 is 23.4 Å². The van der Waals surface area contributed by atoms with Crippen molar-refractivity contribution in [3.05, 3.63) is 41.0 Å². The van der Waals surface area contributed by atoms with Crippen LogP contribution in [0.5, 0.6) is 0 Å². The van der Waals surface area contributed by atoms with Crippen LogP contribution in [0.15, 0.2) is 24.3 Å². The van der Waals surface area contributed by atoms with Gasteiger partial charge in [0.1, 0.15) is 5.60 Å². The topological polar surface area (TPSA) is 119 Å². The second kappa shape index (κ2) is 10.3. The third-order valence-electron chi connectivity index (χ3n) is 5.99. The van der Waals surface area contributed by atoms with Crippen molar-refractivity contribution in [2.75, 3.05) is 26.7 Å². The summed E-state index contributed by atoms with van der Waals surface area (Å²) < 4.78 is 10.1. The van der Waals surface area contributed by atoms with Gasteiger partial charge in [-0.2, -0.15) is 0 Å². The SMILES string of the molecule is COC(=O)CC[C@H](CN1Cc2ccc(C3=CCN(C(=O)OC(C)(C)C)CC3)cc2C1=O)C(N)=O. The van der Waals surface area contributed by atoms with Crippen molar-refractivity contribution in [3.63, 3.8) is 0 Å². The number of hydrogen-bond donors (Lipinski definition) is 1. The highest BCUT2D eigenvalue weighted by atomic mass is 16.6. The van der Waals surface area contributed by atoms with Crippen LogP contribution in [-0.4, -0.2) is 66.0 Å². The summed E-state index contributed by atoms with van der Waals surface area (Å²) >= 11 is 0. The number of hydrogen-bond acceptors (Lipinski definition) is 6. The molecule has 1 atom stereocenters. The van der Waals surface area contributed by atoms with Gasteiger partial charge in [-0.05, 0) is 56.4 Å². The Labute approximate surface area is 199 Å². The van der Waals surface area contributed by atoms with Crippen LogP contribution in [0.3, 0.4) is 0 Å². The van der Waals surface area contributed by atoms with Gasteiger partial charge in [0.05, 0.1) is 13.0 Å². The molecule has 1 aromatic rings. The predicted molar refractivity (Wildman–Crippen MR) is 126 cm³/mol. The van der Waals surface area contributed by atoms with E-state index in [0.29, 0.717) is 31.6 Å². The molecule has 0 radical (unpaired) electrons. The molecule has 1 aromatic carbocycles. The van der Waals surface area contributed by atoms with Gasteiger partial charge in [-0.25, -0.2) is 4.79 Å². The van der Waals surface area contributed by atoms with Gasteiger partial charge in [-0.1, -0.05) is 18.2 Å². The maximum Gasteiger partial charge on any atom is 0.410 e. The number of primary amides is 1. The molecule has 0 saturated heterocycles. The third-order valence-corrected chi connectivity index (χ3v) is 5.99. The van der Waals surface area contributed by atoms with Crippen LogP contribution in [0, 0.1) is 5.92 Å². The highest BCUT2D eigenvalue weighted by molar-refractivity contribution is 5.99. The number of carbonyl (C=O) groups is 4. The van der Waals surface area contributed by atoms with E-state index in [4.69, 9.17) is 10.5 Å². The molecule has 0 fully saturated rings. The monoisotopic (exact) mass is 471 g/mol. The third kappa shape index (κ3) is 6.15. The molecular weight excluding hydrogens is 438 g/mol. The summed E-state index contributed by atoms with van der Waals surface area (Å²) in [5, 5.41) is 0. The summed E-state index contributed by atoms with van der Waals surface area (Å²) in [5.41, 5.74) is 8.46. The molecule has 34 heavy (non-hydrogen) atoms. The summed E-state index contributed by atoms with van der Waals surface area (Å²) in [7, 11) is 1.29. The normalized spacial score (nSPS) is 16.6. The molecule has 0 aromatic heterocycles. The number of fused-ring (bicyclic) bond motifs is 1. The first kappa shape index (κ1) is 25.3. The number of ether oxygens (including phenoxy) is 2. The number of nitrogens with zero attached hydrogens (tertiary/aromatic N) is 2. The van der Waals surface area contributed by atoms with Crippen LogP contribution in [-0.2, 0) is 25.6 Å². The lowest BCUT2D eigenvalue weighted by atomic mass is 9.96. The lowest BCUT2D eigenvalue weighted by Gasteiger charge is -2.29. The molecule has 2 N–H and O–H groups in total. The Bertz CT molecular complexity index is 1010. The minimum atomic E-state index is -0.628. The van der Waals surface area contributed by atoms with Gasteiger partial charge in [0.15, 0.2) is 0 Å². The number of carbonyl (C=O) groups excluding carboxylic acids is 4. The number of benzene rings is 1. The first-order valence-electron chi connectivity index (χ1n) is 11.4. The van der Waals surface area contributed by atoms with Crippen molar-refractivity contribution in [3.8, 4) is 0 Å². The average molecular weight is 472 g/mol. The zero-order valence-electron chi connectivity index (χ0n) is 20.3. The fourth-order valence-electron chi connectivity index (χ4n) is 4.12. The standard InChI is InChI=1S/C25H33N3O6/c1-25(2,3)34-24(32)27-11-9-16(10-12-27)17-5-6-18-14-28(23(31)20(18)13-17)15-19(22(26)30)7-8-21(29)33-4/h5-6,9,13,19H,7-8,10-12,14-15H2,1-4H3,(H2,26,30)/t19-/m1/s1. The number of nitrogens with two attached hydrogens (primary N) is 1. The Balaban J connectivity index is 1.66. The summed E-state index contributed by atoms with van der Waals surface area (Å²) in [4.78, 5) is 51.9. The summed E-state index contributed by atoms with van der Waals surface area (Å²) in [6.45, 7) is 7.05. The second-order valence-corrected chi connectivity index (χ2v) is 9.68. The quantitative estimate of drug-likeness (QED) is 0.611. The van der Waals surface area contributed by atoms with Gasteiger partial charge in [0.25, 0.3) is 5.91 Å². The molecule has 0 aliphatic carbocycles. The van der Waals surface area contributed by atoms with Crippen molar-refractivity contribution < 1.29 is 28.7 Å². The van der Waals surface area contributed by atoms with E-state index >= 15 is 0 Å². The molecule has 2 aliphatic rings. The lowest BCUT2D eigenvalue weighted by Crippen LogP contribution is -2.39. The Morgan fingerprint density at radius 2 is 1.94 bits per heavy atom. The molecule has 9 nitrogen and oxygen atoms in total. The second-order valence-electron chi connectivity index (χ2n) is 9.68. The Hall–Kier alpha value is -3.36. The van der Waals surface area contributed by atoms with Crippen molar-refractivity contribution >= 4 is 29.5 Å². The van der Waals surface area contributed by atoms with E-state index in [9.17, 15) is 19.2 Å². The van der Waals surface area contributed by atoms with Crippen LogP contribution in [0.25, 0.3) is 5.57 Å². The minimum absolute atomic E-state index is 0.0672. The zero-order valence-corrected chi connectivity index (χ0v) is 20.3.